The largest absolute Gasteiger partial charge is 0.463 e. The first-order valence-electron chi connectivity index (χ1n) is 12.7. The van der Waals surface area contributed by atoms with E-state index in [0.717, 1.165) is 18.1 Å². The van der Waals surface area contributed by atoms with Crippen LogP contribution in [0.3, 0.4) is 0 Å². The second-order valence-electron chi connectivity index (χ2n) is 8.79. The van der Waals surface area contributed by atoms with Gasteiger partial charge >= 0.3 is 11.9 Å². The van der Waals surface area contributed by atoms with Gasteiger partial charge in [-0.25, -0.2) is 46.4 Å². The second kappa shape index (κ2) is 17.7. The summed E-state index contributed by atoms with van der Waals surface area (Å²) < 4.78 is 57.9. The fourth-order valence-electron chi connectivity index (χ4n) is 3.13. The van der Waals surface area contributed by atoms with Crippen LogP contribution in [0.1, 0.15) is 32.4 Å². The lowest BCUT2D eigenvalue weighted by Gasteiger charge is -2.22. The monoisotopic (exact) mass is 722 g/mol. The summed E-state index contributed by atoms with van der Waals surface area (Å²) >= 11 is 3.24. The van der Waals surface area contributed by atoms with E-state index in [1.165, 1.54) is 30.9 Å². The first kappa shape index (κ1) is 36.7. The first-order chi connectivity index (χ1) is 21.3. The van der Waals surface area contributed by atoms with E-state index < -0.39 is 32.0 Å². The van der Waals surface area contributed by atoms with Crippen molar-refractivity contribution >= 4 is 59.3 Å². The van der Waals surface area contributed by atoms with Crippen LogP contribution in [0.25, 0.3) is 0 Å². The van der Waals surface area contributed by atoms with Crippen molar-refractivity contribution in [1.82, 2.24) is 19.9 Å². The number of methoxy groups -OCH3 is 2. The summed E-state index contributed by atoms with van der Waals surface area (Å²) in [7, 11) is -4.06. The van der Waals surface area contributed by atoms with Crippen LogP contribution in [0.4, 0.5) is 11.4 Å². The van der Waals surface area contributed by atoms with Crippen molar-refractivity contribution in [3.8, 4) is 0 Å². The zero-order chi connectivity index (χ0) is 33.5. The van der Waals surface area contributed by atoms with Gasteiger partial charge in [-0.1, -0.05) is 52.3 Å². The first-order valence-corrected chi connectivity index (χ1v) is 17.5. The summed E-state index contributed by atoms with van der Waals surface area (Å²) in [6.45, 7) is 0.0737. The Labute approximate surface area is 270 Å². The molecule has 1 N–H and O–H groups in total. The number of carbonyl (C=O) groups excluding carboxylic acids is 2. The highest BCUT2D eigenvalue weighted by Gasteiger charge is 2.18. The van der Waals surface area contributed by atoms with Gasteiger partial charge in [0.2, 0.25) is 31.7 Å². The molecule has 4 aromatic rings. The number of anilines is 2. The molecule has 0 radical (unpaired) electrons. The van der Waals surface area contributed by atoms with E-state index in [4.69, 9.17) is 0 Å². The molecule has 2 aromatic carbocycles. The molecule has 0 fully saturated rings. The van der Waals surface area contributed by atoms with Crippen LogP contribution >= 0.6 is 15.9 Å². The molecule has 2 aromatic heterocycles. The minimum atomic E-state index is -3.46. The normalized spacial score (nSPS) is 10.6. The number of hydrogen-bond donors (Lipinski definition) is 1. The number of hydrogen-bond acceptors (Lipinski definition) is 12. The summed E-state index contributed by atoms with van der Waals surface area (Å²) in [5.74, 6) is -1.15. The van der Waals surface area contributed by atoms with Gasteiger partial charge in [0.25, 0.3) is 0 Å². The number of sulfonamides is 2. The number of aromatic nitrogens is 4. The van der Waals surface area contributed by atoms with E-state index in [1.807, 2.05) is 6.07 Å². The molecule has 0 aliphatic heterocycles. The molecular weight excluding hydrogens is 692 g/mol. The quantitative estimate of drug-likeness (QED) is 0.196. The van der Waals surface area contributed by atoms with Crippen molar-refractivity contribution in [2.75, 3.05) is 35.8 Å². The van der Waals surface area contributed by atoms with Gasteiger partial charge in [0.1, 0.15) is 0 Å². The predicted octanol–water partition coefficient (Wildman–Crippen LogP) is 3.45. The lowest BCUT2D eigenvalue weighted by molar-refractivity contribution is 0.0578. The fourth-order valence-corrected chi connectivity index (χ4v) is 4.88. The minimum Gasteiger partial charge on any atom is -0.463 e. The van der Waals surface area contributed by atoms with E-state index in [9.17, 15) is 26.4 Å². The van der Waals surface area contributed by atoms with Crippen LogP contribution in [0, 0.1) is 0 Å². The summed E-state index contributed by atoms with van der Waals surface area (Å²) in [6.07, 6.45) is 8.21. The maximum Gasteiger partial charge on any atom is 0.376 e. The second-order valence-corrected chi connectivity index (χ2v) is 13.0. The van der Waals surface area contributed by atoms with Gasteiger partial charge < -0.3 is 9.47 Å². The van der Waals surface area contributed by atoms with Crippen molar-refractivity contribution in [3.05, 3.63) is 108 Å². The third kappa shape index (κ3) is 13.4. The molecule has 0 saturated heterocycles. The highest BCUT2D eigenvalue weighted by molar-refractivity contribution is 9.08. The van der Waals surface area contributed by atoms with E-state index >= 15 is 0 Å². The molecule has 17 heteroatoms. The van der Waals surface area contributed by atoms with E-state index in [2.05, 4.69) is 50.1 Å². The molecule has 0 saturated carbocycles. The zero-order valence-electron chi connectivity index (χ0n) is 24.7. The molecule has 14 nitrogen and oxygen atoms in total. The molecule has 0 aliphatic carbocycles. The average Bonchev–Trinajstić information content (AvgIpc) is 3.03. The third-order valence-corrected chi connectivity index (χ3v) is 7.54. The number of ether oxygens (including phenoxy) is 2. The molecule has 0 amide bonds. The molecule has 45 heavy (non-hydrogen) atoms. The van der Waals surface area contributed by atoms with Crippen molar-refractivity contribution in [3.63, 3.8) is 0 Å². The van der Waals surface area contributed by atoms with Crippen molar-refractivity contribution in [2.24, 2.45) is 0 Å². The van der Waals surface area contributed by atoms with Gasteiger partial charge in [0.05, 0.1) is 39.0 Å². The van der Waals surface area contributed by atoms with E-state index in [1.54, 1.807) is 67.0 Å². The summed E-state index contributed by atoms with van der Waals surface area (Å²) in [6, 6.07) is 17.5. The fraction of sp³-hybridized carbons (Fsp3) is 0.214. The molecule has 0 spiro atoms. The molecular formula is C28H31BrN6O8S2. The van der Waals surface area contributed by atoms with Gasteiger partial charge in [-0.15, -0.1) is 0 Å². The number of nitrogens with one attached hydrogen (secondary N) is 1. The highest BCUT2D eigenvalue weighted by Crippen LogP contribution is 2.19. The van der Waals surface area contributed by atoms with E-state index in [-0.39, 0.29) is 18.2 Å². The minimum absolute atomic E-state index is 0.0723. The van der Waals surface area contributed by atoms with Crippen LogP contribution in [0.2, 0.25) is 0 Å². The lowest BCUT2D eigenvalue weighted by Crippen LogP contribution is -2.29. The van der Waals surface area contributed by atoms with Crippen LogP contribution in [-0.4, -0.2) is 75.4 Å². The average molecular weight is 724 g/mol. The van der Waals surface area contributed by atoms with Gasteiger partial charge in [-0.05, 0) is 29.8 Å². The Kier molecular flexibility index (Phi) is 14.5. The summed E-state index contributed by atoms with van der Waals surface area (Å²) in [4.78, 5) is 37.5. The van der Waals surface area contributed by atoms with Crippen molar-refractivity contribution < 1.29 is 35.9 Å². The molecule has 240 valence electrons. The summed E-state index contributed by atoms with van der Waals surface area (Å²) in [5, 5.41) is 0.675. The molecule has 0 atom stereocenters. The van der Waals surface area contributed by atoms with Crippen LogP contribution in [0.15, 0.2) is 85.5 Å². The van der Waals surface area contributed by atoms with Gasteiger partial charge in [0, 0.05) is 41.4 Å². The number of halogens is 1. The lowest BCUT2D eigenvalue weighted by atomic mass is 10.3. The van der Waals surface area contributed by atoms with Crippen molar-refractivity contribution in [2.45, 2.75) is 11.9 Å². The standard InChI is InChI=1S/C14H15N3O4S.C7H7BrN2O2.C7H9NO2S/c1-21-14(18)13-15-8-11(9-16-13)10-17(22(2,19)20)12-6-4-3-5-7-12;1-12-7(11)6-9-3-5(2-8)4-10-6;1-11(9,10)8-7-5-3-2-4-6-7/h3-9H,10H2,1-2H3;3-4H,2H2,1H3;2-6,8H,1H3. The molecule has 4 rings (SSSR count). The zero-order valence-corrected chi connectivity index (χ0v) is 27.9. The smallest absolute Gasteiger partial charge is 0.376 e. The molecule has 2 heterocycles. The van der Waals surface area contributed by atoms with Crippen LogP contribution in [0.5, 0.6) is 0 Å². The Hall–Kier alpha value is -4.48. The molecule has 0 aliphatic rings. The maximum atomic E-state index is 12.0. The van der Waals surface area contributed by atoms with Gasteiger partial charge in [0.15, 0.2) is 0 Å². The number of alkyl halides is 1. The maximum absolute atomic E-state index is 12.0. The number of carbonyl (C=O) groups is 2. The van der Waals surface area contributed by atoms with E-state index in [0.29, 0.717) is 22.3 Å². The number of benzene rings is 2. The van der Waals surface area contributed by atoms with Crippen LogP contribution in [-0.2, 0) is 41.4 Å². The SMILES string of the molecule is COC(=O)c1ncc(CBr)cn1.COC(=O)c1ncc(CN(c2ccccc2)S(C)(=O)=O)cn1.CS(=O)(=O)Nc1ccccc1. The number of esters is 2. The molecule has 0 bridgehead atoms. The number of nitrogens with zero attached hydrogens (tertiary/aromatic N) is 5. The number of rotatable bonds is 9. The van der Waals surface area contributed by atoms with Crippen molar-refractivity contribution in [1.29, 1.82) is 0 Å². The Balaban J connectivity index is 0.000000259. The number of para-hydroxylation sites is 2. The Morgan fingerprint density at radius 2 is 1.16 bits per heavy atom. The highest BCUT2D eigenvalue weighted by atomic mass is 79.9. The molecule has 0 unspecified atom stereocenters. The Morgan fingerprint density at radius 1 is 0.733 bits per heavy atom. The summed E-state index contributed by atoms with van der Waals surface area (Å²) in [5.41, 5.74) is 2.61. The third-order valence-electron chi connectivity index (χ3n) is 5.15. The van der Waals surface area contributed by atoms with Gasteiger partial charge in [-0.3, -0.25) is 9.03 Å². The Morgan fingerprint density at radius 3 is 1.53 bits per heavy atom. The van der Waals surface area contributed by atoms with Gasteiger partial charge in [-0.2, -0.15) is 0 Å². The Bertz CT molecular complexity index is 1730. The van der Waals surface area contributed by atoms with Crippen LogP contribution < -0.4 is 9.03 Å². The predicted molar refractivity (Wildman–Crippen MR) is 172 cm³/mol. The topological polar surface area (TPSA) is 188 Å².